The maximum Gasteiger partial charge on any atom is 0.145 e. The molecule has 0 saturated carbocycles. The number of hydrogen-bond donors (Lipinski definition) is 1. The average Bonchev–Trinajstić information content (AvgIpc) is 2.78. The number of benzene rings is 1. The number of anilines is 1. The second-order valence-corrected chi connectivity index (χ2v) is 4.32. The summed E-state index contributed by atoms with van der Waals surface area (Å²) in [6.07, 6.45) is 0. The summed E-state index contributed by atoms with van der Waals surface area (Å²) in [5.74, 6) is -0.101. The zero-order chi connectivity index (χ0) is 12.3. The molecule has 0 spiro atoms. The summed E-state index contributed by atoms with van der Waals surface area (Å²) in [6.45, 7) is 0.230. The predicted molar refractivity (Wildman–Crippen MR) is 65.2 cm³/mol. The lowest BCUT2D eigenvalue weighted by molar-refractivity contribution is 0.300. The Morgan fingerprint density at radius 2 is 2.35 bits per heavy atom. The largest absolute Gasteiger partial charge is 0.487 e. The lowest BCUT2D eigenvalue weighted by Gasteiger charge is -2.05. The highest BCUT2D eigenvalue weighted by molar-refractivity contribution is 7.10. The molecular formula is C10H9ClFN3OS. The minimum atomic E-state index is -0.505. The molecule has 4 nitrogen and oxygen atoms in total. The predicted octanol–water partition coefficient (Wildman–Crippen LogP) is 2.95. The van der Waals surface area contributed by atoms with E-state index in [1.807, 2.05) is 0 Å². The molecule has 1 aromatic carbocycles. The number of nitrogens with one attached hydrogen (secondary N) is 1. The van der Waals surface area contributed by atoms with Gasteiger partial charge in [0.05, 0.1) is 5.02 Å². The third-order valence-corrected chi connectivity index (χ3v) is 3.14. The zero-order valence-electron chi connectivity index (χ0n) is 8.91. The zero-order valence-corrected chi connectivity index (χ0v) is 10.5. The van der Waals surface area contributed by atoms with Crippen molar-refractivity contribution in [2.75, 3.05) is 12.4 Å². The van der Waals surface area contributed by atoms with E-state index in [4.69, 9.17) is 16.3 Å². The SMILES string of the molecule is CNc1snnc1COc1ccc(Cl)c(F)c1. The second-order valence-electron chi connectivity index (χ2n) is 3.16. The van der Waals surface area contributed by atoms with E-state index in [-0.39, 0.29) is 11.6 Å². The van der Waals surface area contributed by atoms with Gasteiger partial charge >= 0.3 is 0 Å². The molecule has 0 fully saturated rings. The Labute approximate surface area is 107 Å². The normalized spacial score (nSPS) is 10.3. The summed E-state index contributed by atoms with van der Waals surface area (Å²) < 4.78 is 22.3. The number of aromatic nitrogens is 2. The second kappa shape index (κ2) is 5.29. The molecule has 0 unspecified atom stereocenters. The van der Waals surface area contributed by atoms with Crippen molar-refractivity contribution in [3.05, 3.63) is 34.7 Å². The Morgan fingerprint density at radius 1 is 1.53 bits per heavy atom. The van der Waals surface area contributed by atoms with Crippen molar-refractivity contribution in [3.63, 3.8) is 0 Å². The Balaban J connectivity index is 2.05. The van der Waals surface area contributed by atoms with E-state index in [0.717, 1.165) is 5.00 Å². The van der Waals surface area contributed by atoms with Crippen LogP contribution in [-0.4, -0.2) is 16.6 Å². The molecule has 0 atom stereocenters. The highest BCUT2D eigenvalue weighted by Crippen LogP contribution is 2.23. The van der Waals surface area contributed by atoms with Gasteiger partial charge in [0.15, 0.2) is 0 Å². The van der Waals surface area contributed by atoms with Crippen molar-refractivity contribution in [2.45, 2.75) is 6.61 Å². The van der Waals surface area contributed by atoms with Crippen LogP contribution < -0.4 is 10.1 Å². The van der Waals surface area contributed by atoms with E-state index in [1.54, 1.807) is 13.1 Å². The fourth-order valence-corrected chi connectivity index (χ4v) is 1.85. The molecule has 0 aliphatic carbocycles. The van der Waals surface area contributed by atoms with Crippen molar-refractivity contribution in [1.82, 2.24) is 9.59 Å². The minimum Gasteiger partial charge on any atom is -0.487 e. The Morgan fingerprint density at radius 3 is 3.06 bits per heavy atom. The van der Waals surface area contributed by atoms with Gasteiger partial charge in [-0.3, -0.25) is 0 Å². The first-order chi connectivity index (χ1) is 8.20. The molecule has 0 aliphatic heterocycles. The van der Waals surface area contributed by atoms with Crippen molar-refractivity contribution in [3.8, 4) is 5.75 Å². The van der Waals surface area contributed by atoms with Gasteiger partial charge in [-0.05, 0) is 12.1 Å². The molecule has 0 amide bonds. The maximum atomic E-state index is 13.1. The number of ether oxygens (including phenoxy) is 1. The van der Waals surface area contributed by atoms with Crippen molar-refractivity contribution >= 4 is 28.1 Å². The van der Waals surface area contributed by atoms with Crippen LogP contribution in [0.1, 0.15) is 5.69 Å². The first-order valence-electron chi connectivity index (χ1n) is 4.77. The van der Waals surface area contributed by atoms with Gasteiger partial charge < -0.3 is 10.1 Å². The topological polar surface area (TPSA) is 47.0 Å². The highest BCUT2D eigenvalue weighted by atomic mass is 35.5. The van der Waals surface area contributed by atoms with E-state index < -0.39 is 5.82 Å². The van der Waals surface area contributed by atoms with Crippen molar-refractivity contribution < 1.29 is 9.13 Å². The summed E-state index contributed by atoms with van der Waals surface area (Å²) in [5, 5.41) is 7.76. The Hall–Kier alpha value is -1.40. The first kappa shape index (κ1) is 12.1. The third kappa shape index (κ3) is 2.83. The summed E-state index contributed by atoms with van der Waals surface area (Å²) in [6, 6.07) is 4.29. The van der Waals surface area contributed by atoms with Gasteiger partial charge in [0, 0.05) is 24.6 Å². The molecule has 17 heavy (non-hydrogen) atoms. The summed E-state index contributed by atoms with van der Waals surface area (Å²) in [7, 11) is 1.78. The van der Waals surface area contributed by atoms with Crippen LogP contribution in [0.15, 0.2) is 18.2 Å². The fourth-order valence-electron chi connectivity index (χ4n) is 1.21. The van der Waals surface area contributed by atoms with Gasteiger partial charge in [0.25, 0.3) is 0 Å². The number of halogens is 2. The van der Waals surface area contributed by atoms with Gasteiger partial charge in [-0.1, -0.05) is 16.1 Å². The van der Waals surface area contributed by atoms with E-state index in [1.165, 1.54) is 23.7 Å². The summed E-state index contributed by atoms with van der Waals surface area (Å²) in [4.78, 5) is 0. The number of hydrogen-bond acceptors (Lipinski definition) is 5. The fraction of sp³-hybridized carbons (Fsp3) is 0.200. The van der Waals surface area contributed by atoms with Crippen LogP contribution in [0, 0.1) is 5.82 Å². The Kier molecular flexibility index (Phi) is 3.75. The van der Waals surface area contributed by atoms with Gasteiger partial charge in [-0.25, -0.2) is 4.39 Å². The van der Waals surface area contributed by atoms with Gasteiger partial charge in [-0.2, -0.15) is 0 Å². The Bertz CT molecular complexity index is 520. The molecule has 0 saturated heterocycles. The van der Waals surface area contributed by atoms with Gasteiger partial charge in [0.2, 0.25) is 0 Å². The van der Waals surface area contributed by atoms with Crippen LogP contribution in [0.4, 0.5) is 9.39 Å². The molecule has 7 heteroatoms. The molecule has 2 rings (SSSR count). The van der Waals surface area contributed by atoms with Gasteiger partial charge in [0.1, 0.15) is 28.9 Å². The average molecular weight is 274 g/mol. The van der Waals surface area contributed by atoms with E-state index >= 15 is 0 Å². The molecule has 90 valence electrons. The highest BCUT2D eigenvalue weighted by Gasteiger charge is 2.08. The lowest BCUT2D eigenvalue weighted by atomic mass is 10.3. The molecule has 1 N–H and O–H groups in total. The van der Waals surface area contributed by atoms with Crippen molar-refractivity contribution in [1.29, 1.82) is 0 Å². The molecule has 1 aromatic heterocycles. The molecule has 0 aliphatic rings. The van der Waals surface area contributed by atoms with Gasteiger partial charge in [-0.15, -0.1) is 5.10 Å². The molecule has 0 bridgehead atoms. The van der Waals surface area contributed by atoms with Crippen LogP contribution in [0.3, 0.4) is 0 Å². The van der Waals surface area contributed by atoms with E-state index in [9.17, 15) is 4.39 Å². The minimum absolute atomic E-state index is 0.0728. The van der Waals surface area contributed by atoms with Crippen LogP contribution in [0.5, 0.6) is 5.75 Å². The van der Waals surface area contributed by atoms with E-state index in [0.29, 0.717) is 11.4 Å². The molecule has 2 aromatic rings. The molecule has 1 heterocycles. The number of rotatable bonds is 4. The smallest absolute Gasteiger partial charge is 0.145 e. The molecular weight excluding hydrogens is 265 g/mol. The van der Waals surface area contributed by atoms with Crippen molar-refractivity contribution in [2.24, 2.45) is 0 Å². The lowest BCUT2D eigenvalue weighted by Crippen LogP contribution is -1.99. The van der Waals surface area contributed by atoms with Crippen LogP contribution in [-0.2, 0) is 6.61 Å². The van der Waals surface area contributed by atoms with E-state index in [2.05, 4.69) is 14.9 Å². The third-order valence-electron chi connectivity index (χ3n) is 2.05. The summed E-state index contributed by atoms with van der Waals surface area (Å²) >= 11 is 6.81. The first-order valence-corrected chi connectivity index (χ1v) is 5.92. The van der Waals surface area contributed by atoms with Crippen LogP contribution in [0.25, 0.3) is 0 Å². The standard InChI is InChI=1S/C10H9ClFN3OS/c1-13-10-9(14-15-17-10)5-16-6-2-3-7(11)8(12)4-6/h2-4,13H,5H2,1H3. The number of nitrogens with zero attached hydrogens (tertiary/aromatic N) is 2. The monoisotopic (exact) mass is 273 g/mol. The summed E-state index contributed by atoms with van der Waals surface area (Å²) in [5.41, 5.74) is 0.688. The maximum absolute atomic E-state index is 13.1. The quantitative estimate of drug-likeness (QED) is 0.930. The van der Waals surface area contributed by atoms with Crippen LogP contribution in [0.2, 0.25) is 5.02 Å². The van der Waals surface area contributed by atoms with Crippen LogP contribution >= 0.6 is 23.1 Å². The molecule has 0 radical (unpaired) electrons.